The molecule has 4 heteroatoms. The quantitative estimate of drug-likeness (QED) is 0.715. The number of rotatable bonds is 4. The highest BCUT2D eigenvalue weighted by Crippen LogP contribution is 2.06. The molecule has 0 bridgehead atoms. The average molecular weight is 232 g/mol. The molecule has 0 atom stereocenters. The van der Waals surface area contributed by atoms with Crippen molar-refractivity contribution in [2.24, 2.45) is 5.73 Å². The van der Waals surface area contributed by atoms with Gasteiger partial charge in [0.1, 0.15) is 6.61 Å². The Morgan fingerprint density at radius 2 is 2.29 bits per heavy atom. The highest BCUT2D eigenvalue weighted by Gasteiger charge is 2.03. The molecule has 0 radical (unpaired) electrons. The molecule has 0 aliphatic carbocycles. The molecule has 90 valence electrons. The Morgan fingerprint density at radius 1 is 1.53 bits per heavy atom. The van der Waals surface area contributed by atoms with Crippen LogP contribution in [0.5, 0.6) is 0 Å². The number of hydrogen-bond donors (Lipinski definition) is 2. The summed E-state index contributed by atoms with van der Waals surface area (Å²) in [6.45, 7) is 0.718. The predicted octanol–water partition coefficient (Wildman–Crippen LogP) is -0.0525. The van der Waals surface area contributed by atoms with E-state index < -0.39 is 0 Å². The van der Waals surface area contributed by atoms with Crippen LogP contribution in [0.15, 0.2) is 24.3 Å². The molecule has 1 aromatic rings. The molecule has 0 unspecified atom stereocenters. The zero-order valence-electron chi connectivity index (χ0n) is 9.81. The molecule has 0 saturated heterocycles. The summed E-state index contributed by atoms with van der Waals surface area (Å²) in [6.07, 6.45) is 0. The number of likely N-dealkylation sites (N-methyl/N-ethyl adjacent to an activating group) is 1. The summed E-state index contributed by atoms with van der Waals surface area (Å²) >= 11 is 0. The van der Waals surface area contributed by atoms with Crippen LogP contribution >= 0.6 is 0 Å². The molecule has 0 saturated carbocycles. The number of amides is 1. The van der Waals surface area contributed by atoms with Crippen LogP contribution < -0.4 is 5.73 Å². The molecule has 1 rings (SSSR count). The summed E-state index contributed by atoms with van der Waals surface area (Å²) in [5.74, 6) is 5.09. The Hall–Kier alpha value is -1.83. The fourth-order valence-electron chi connectivity index (χ4n) is 1.52. The highest BCUT2D eigenvalue weighted by molar-refractivity contribution is 5.75. The summed E-state index contributed by atoms with van der Waals surface area (Å²) in [4.78, 5) is 12.6. The lowest BCUT2D eigenvalue weighted by atomic mass is 10.1. The van der Waals surface area contributed by atoms with E-state index in [4.69, 9.17) is 10.8 Å². The van der Waals surface area contributed by atoms with Crippen molar-refractivity contribution in [3.63, 3.8) is 0 Å². The van der Waals surface area contributed by atoms with E-state index in [1.54, 1.807) is 0 Å². The third-order valence-electron chi connectivity index (χ3n) is 2.12. The topological polar surface area (TPSA) is 66.6 Å². The Kier molecular flexibility index (Phi) is 5.21. The average Bonchev–Trinajstić information content (AvgIpc) is 2.25. The van der Waals surface area contributed by atoms with Gasteiger partial charge in [-0.1, -0.05) is 24.0 Å². The van der Waals surface area contributed by atoms with E-state index in [1.165, 1.54) is 0 Å². The normalized spacial score (nSPS) is 9.82. The third kappa shape index (κ3) is 5.16. The van der Waals surface area contributed by atoms with Crippen LogP contribution in [-0.4, -0.2) is 36.1 Å². The summed E-state index contributed by atoms with van der Waals surface area (Å²) in [7, 11) is 1.83. The van der Waals surface area contributed by atoms with Crippen LogP contribution in [0.2, 0.25) is 0 Å². The maximum atomic E-state index is 10.7. The predicted molar refractivity (Wildman–Crippen MR) is 65.9 cm³/mol. The molecule has 0 heterocycles. The first-order valence-electron chi connectivity index (χ1n) is 5.27. The van der Waals surface area contributed by atoms with Gasteiger partial charge in [-0.25, -0.2) is 0 Å². The summed E-state index contributed by atoms with van der Waals surface area (Å²) in [6, 6.07) is 7.66. The van der Waals surface area contributed by atoms with Gasteiger partial charge in [-0.05, 0) is 24.7 Å². The number of aliphatic hydroxyl groups is 1. The lowest BCUT2D eigenvalue weighted by molar-refractivity contribution is -0.118. The van der Waals surface area contributed by atoms with Crippen molar-refractivity contribution >= 4 is 5.91 Å². The monoisotopic (exact) mass is 232 g/mol. The number of carbonyl (C=O) groups is 1. The summed E-state index contributed by atoms with van der Waals surface area (Å²) < 4.78 is 0. The Bertz CT molecular complexity index is 446. The number of primary amides is 1. The van der Waals surface area contributed by atoms with E-state index in [0.29, 0.717) is 6.54 Å². The second kappa shape index (κ2) is 6.69. The fraction of sp³-hybridized carbons (Fsp3) is 0.308. The Balaban J connectivity index is 2.68. The molecule has 1 aromatic carbocycles. The minimum atomic E-state index is -0.344. The first-order chi connectivity index (χ1) is 8.11. The first kappa shape index (κ1) is 13.2. The van der Waals surface area contributed by atoms with Crippen LogP contribution in [-0.2, 0) is 11.3 Å². The largest absolute Gasteiger partial charge is 0.384 e. The van der Waals surface area contributed by atoms with Gasteiger partial charge in [-0.3, -0.25) is 9.69 Å². The first-order valence-corrected chi connectivity index (χ1v) is 5.27. The summed E-state index contributed by atoms with van der Waals surface area (Å²) in [5.41, 5.74) is 7.02. The van der Waals surface area contributed by atoms with E-state index in [9.17, 15) is 4.79 Å². The van der Waals surface area contributed by atoms with Gasteiger partial charge in [0.25, 0.3) is 0 Å². The van der Waals surface area contributed by atoms with E-state index in [-0.39, 0.29) is 19.1 Å². The lowest BCUT2D eigenvalue weighted by Crippen LogP contribution is -2.30. The number of hydrogen-bond acceptors (Lipinski definition) is 3. The SMILES string of the molecule is CN(CC(N)=O)Cc1cccc(C#CCO)c1. The van der Waals surface area contributed by atoms with E-state index in [2.05, 4.69) is 11.8 Å². The molecular formula is C13H16N2O2. The molecule has 0 aliphatic rings. The van der Waals surface area contributed by atoms with Gasteiger partial charge in [-0.2, -0.15) is 0 Å². The standard InChI is InChI=1S/C13H16N2O2/c1-15(10-13(14)17)9-12-5-2-4-11(8-12)6-3-7-16/h2,4-5,8,16H,7,9-10H2,1H3,(H2,14,17). The van der Waals surface area contributed by atoms with Crippen molar-refractivity contribution in [1.82, 2.24) is 4.90 Å². The highest BCUT2D eigenvalue weighted by atomic mass is 16.2. The molecule has 3 N–H and O–H groups in total. The zero-order chi connectivity index (χ0) is 12.7. The van der Waals surface area contributed by atoms with Gasteiger partial charge < -0.3 is 10.8 Å². The van der Waals surface area contributed by atoms with Crippen LogP contribution in [0.1, 0.15) is 11.1 Å². The van der Waals surface area contributed by atoms with Crippen molar-refractivity contribution in [2.45, 2.75) is 6.54 Å². The van der Waals surface area contributed by atoms with Crippen molar-refractivity contribution in [3.8, 4) is 11.8 Å². The molecule has 0 aliphatic heterocycles. The number of nitrogens with two attached hydrogens (primary N) is 1. The Labute approximate surface area is 101 Å². The molecule has 17 heavy (non-hydrogen) atoms. The molecule has 4 nitrogen and oxygen atoms in total. The minimum Gasteiger partial charge on any atom is -0.384 e. The summed E-state index contributed by atoms with van der Waals surface area (Å²) in [5, 5.41) is 8.61. The molecule has 0 spiro atoms. The Morgan fingerprint density at radius 3 is 2.94 bits per heavy atom. The minimum absolute atomic E-state index is 0.147. The molecule has 1 amide bonds. The third-order valence-corrected chi connectivity index (χ3v) is 2.12. The number of carbonyl (C=O) groups excluding carboxylic acids is 1. The van der Waals surface area contributed by atoms with Gasteiger partial charge >= 0.3 is 0 Å². The van der Waals surface area contributed by atoms with Crippen LogP contribution in [0.4, 0.5) is 0 Å². The number of aliphatic hydroxyl groups excluding tert-OH is 1. The molecule has 0 aromatic heterocycles. The lowest BCUT2D eigenvalue weighted by Gasteiger charge is -2.14. The van der Waals surface area contributed by atoms with Crippen molar-refractivity contribution in [1.29, 1.82) is 0 Å². The zero-order valence-corrected chi connectivity index (χ0v) is 9.81. The van der Waals surface area contributed by atoms with Gasteiger partial charge in [0.15, 0.2) is 0 Å². The van der Waals surface area contributed by atoms with Crippen molar-refractivity contribution < 1.29 is 9.90 Å². The number of benzene rings is 1. The van der Waals surface area contributed by atoms with E-state index in [1.807, 2.05) is 36.2 Å². The van der Waals surface area contributed by atoms with E-state index in [0.717, 1.165) is 11.1 Å². The second-order valence-corrected chi connectivity index (χ2v) is 3.80. The van der Waals surface area contributed by atoms with Crippen molar-refractivity contribution in [3.05, 3.63) is 35.4 Å². The second-order valence-electron chi connectivity index (χ2n) is 3.80. The maximum absolute atomic E-state index is 10.7. The van der Waals surface area contributed by atoms with Gasteiger partial charge in [-0.15, -0.1) is 0 Å². The fourth-order valence-corrected chi connectivity index (χ4v) is 1.52. The van der Waals surface area contributed by atoms with Crippen LogP contribution in [0, 0.1) is 11.8 Å². The maximum Gasteiger partial charge on any atom is 0.231 e. The van der Waals surface area contributed by atoms with Gasteiger partial charge in [0.05, 0.1) is 6.54 Å². The van der Waals surface area contributed by atoms with Crippen molar-refractivity contribution in [2.75, 3.05) is 20.2 Å². The number of nitrogens with zero attached hydrogens (tertiary/aromatic N) is 1. The van der Waals surface area contributed by atoms with Gasteiger partial charge in [0.2, 0.25) is 5.91 Å². The van der Waals surface area contributed by atoms with Crippen LogP contribution in [0.25, 0.3) is 0 Å². The van der Waals surface area contributed by atoms with Gasteiger partial charge in [0, 0.05) is 12.1 Å². The smallest absolute Gasteiger partial charge is 0.231 e. The van der Waals surface area contributed by atoms with E-state index >= 15 is 0 Å². The van der Waals surface area contributed by atoms with Crippen LogP contribution in [0.3, 0.4) is 0 Å². The molecule has 0 fully saturated rings. The molecular weight excluding hydrogens is 216 g/mol.